The number of hydrogen-bond donors (Lipinski definition) is 1. The SMILES string of the molecule is CN=C(NCc1ccnc(-n2cccn2)c1)N1CC(C)CC(C)C1. The van der Waals surface area contributed by atoms with Crippen LogP contribution in [-0.4, -0.2) is 45.8 Å². The van der Waals surface area contributed by atoms with Gasteiger partial charge in [0.2, 0.25) is 0 Å². The van der Waals surface area contributed by atoms with Crippen molar-refractivity contribution in [2.24, 2.45) is 16.8 Å². The summed E-state index contributed by atoms with van der Waals surface area (Å²) < 4.78 is 1.77. The van der Waals surface area contributed by atoms with Gasteiger partial charge in [0.25, 0.3) is 0 Å². The molecule has 6 nitrogen and oxygen atoms in total. The van der Waals surface area contributed by atoms with E-state index >= 15 is 0 Å². The summed E-state index contributed by atoms with van der Waals surface area (Å²) in [6.45, 7) is 7.49. The van der Waals surface area contributed by atoms with Crippen molar-refractivity contribution in [3.05, 3.63) is 42.4 Å². The highest BCUT2D eigenvalue weighted by atomic mass is 15.3. The monoisotopic (exact) mass is 326 g/mol. The summed E-state index contributed by atoms with van der Waals surface area (Å²) in [6.07, 6.45) is 6.77. The van der Waals surface area contributed by atoms with Crippen LogP contribution in [0.25, 0.3) is 5.82 Å². The van der Waals surface area contributed by atoms with E-state index in [4.69, 9.17) is 0 Å². The smallest absolute Gasteiger partial charge is 0.193 e. The molecular formula is C18H26N6. The number of pyridine rings is 1. The van der Waals surface area contributed by atoms with Crippen LogP contribution in [0, 0.1) is 11.8 Å². The Balaban J connectivity index is 1.65. The molecule has 0 amide bonds. The molecule has 6 heteroatoms. The van der Waals surface area contributed by atoms with Crippen LogP contribution in [0.2, 0.25) is 0 Å². The van der Waals surface area contributed by atoms with Crippen LogP contribution in [-0.2, 0) is 6.54 Å². The van der Waals surface area contributed by atoms with Gasteiger partial charge in [0.05, 0.1) is 0 Å². The molecule has 2 aromatic rings. The number of rotatable bonds is 3. The minimum absolute atomic E-state index is 0.708. The first-order valence-corrected chi connectivity index (χ1v) is 8.56. The molecule has 1 aliphatic rings. The maximum atomic E-state index is 4.47. The molecular weight excluding hydrogens is 300 g/mol. The normalized spacial score (nSPS) is 21.8. The second-order valence-corrected chi connectivity index (χ2v) is 6.72. The number of nitrogens with zero attached hydrogens (tertiary/aromatic N) is 5. The number of guanidine groups is 1. The van der Waals surface area contributed by atoms with Crippen LogP contribution in [0.4, 0.5) is 0 Å². The van der Waals surface area contributed by atoms with Crippen LogP contribution in [0.1, 0.15) is 25.8 Å². The number of piperidine rings is 1. The third kappa shape index (κ3) is 3.93. The van der Waals surface area contributed by atoms with Crippen LogP contribution < -0.4 is 5.32 Å². The molecule has 0 bridgehead atoms. The molecule has 0 aliphatic carbocycles. The van der Waals surface area contributed by atoms with Gasteiger partial charge in [-0.25, -0.2) is 9.67 Å². The lowest BCUT2D eigenvalue weighted by Gasteiger charge is -2.37. The lowest BCUT2D eigenvalue weighted by molar-refractivity contribution is 0.208. The molecule has 0 saturated carbocycles. The largest absolute Gasteiger partial charge is 0.352 e. The molecule has 1 aliphatic heterocycles. The Hall–Kier alpha value is -2.37. The fourth-order valence-corrected chi connectivity index (χ4v) is 3.45. The summed E-state index contributed by atoms with van der Waals surface area (Å²) >= 11 is 0. The average Bonchev–Trinajstić information content (AvgIpc) is 3.09. The molecule has 2 unspecified atom stereocenters. The number of nitrogens with one attached hydrogen (secondary N) is 1. The Labute approximate surface area is 143 Å². The van der Waals surface area contributed by atoms with Crippen LogP contribution in [0.3, 0.4) is 0 Å². The molecule has 128 valence electrons. The second kappa shape index (κ2) is 7.47. The summed E-state index contributed by atoms with van der Waals surface area (Å²) in [7, 11) is 1.86. The van der Waals surface area contributed by atoms with Gasteiger partial charge in [-0.2, -0.15) is 5.10 Å². The highest BCUT2D eigenvalue weighted by Crippen LogP contribution is 2.20. The fraction of sp³-hybridized carbons (Fsp3) is 0.500. The van der Waals surface area contributed by atoms with Crippen molar-refractivity contribution in [1.82, 2.24) is 25.0 Å². The second-order valence-electron chi connectivity index (χ2n) is 6.72. The zero-order chi connectivity index (χ0) is 16.9. The molecule has 24 heavy (non-hydrogen) atoms. The van der Waals surface area contributed by atoms with E-state index in [2.05, 4.69) is 45.2 Å². The highest BCUT2D eigenvalue weighted by Gasteiger charge is 2.23. The first kappa shape index (κ1) is 16.5. The molecule has 3 rings (SSSR count). The molecule has 0 radical (unpaired) electrons. The van der Waals surface area contributed by atoms with Crippen molar-refractivity contribution < 1.29 is 0 Å². The molecule has 1 saturated heterocycles. The Morgan fingerprint density at radius 3 is 2.75 bits per heavy atom. The van der Waals surface area contributed by atoms with Gasteiger partial charge in [-0.3, -0.25) is 4.99 Å². The van der Waals surface area contributed by atoms with Crippen LogP contribution >= 0.6 is 0 Å². The Kier molecular flexibility index (Phi) is 5.13. The predicted octanol–water partition coefficient (Wildman–Crippen LogP) is 2.32. The third-order valence-corrected chi connectivity index (χ3v) is 4.38. The minimum Gasteiger partial charge on any atom is -0.352 e. The van der Waals surface area contributed by atoms with Crippen LogP contribution in [0.15, 0.2) is 41.8 Å². The van der Waals surface area contributed by atoms with E-state index in [1.165, 1.54) is 6.42 Å². The van der Waals surface area contributed by atoms with Gasteiger partial charge in [-0.15, -0.1) is 0 Å². The van der Waals surface area contributed by atoms with Gasteiger partial charge in [0.1, 0.15) is 0 Å². The first-order valence-electron chi connectivity index (χ1n) is 8.56. The maximum absolute atomic E-state index is 4.47. The summed E-state index contributed by atoms with van der Waals surface area (Å²) in [4.78, 5) is 11.2. The zero-order valence-electron chi connectivity index (χ0n) is 14.7. The topological polar surface area (TPSA) is 58.3 Å². The summed E-state index contributed by atoms with van der Waals surface area (Å²) in [5, 5.41) is 7.72. The average molecular weight is 326 g/mol. The number of hydrogen-bond acceptors (Lipinski definition) is 3. The molecule has 1 fully saturated rings. The maximum Gasteiger partial charge on any atom is 0.193 e. The van der Waals surface area contributed by atoms with E-state index in [0.717, 1.165) is 37.0 Å². The fourth-order valence-electron chi connectivity index (χ4n) is 3.45. The van der Waals surface area contributed by atoms with Crippen molar-refractivity contribution in [3.63, 3.8) is 0 Å². The van der Waals surface area contributed by atoms with Crippen molar-refractivity contribution in [3.8, 4) is 5.82 Å². The van der Waals surface area contributed by atoms with Gasteiger partial charge in [-0.05, 0) is 42.0 Å². The van der Waals surface area contributed by atoms with E-state index in [0.29, 0.717) is 11.8 Å². The standard InChI is InChI=1S/C18H26N6/c1-14-9-15(2)13-23(12-14)18(19-3)21-11-16-5-7-20-17(10-16)24-8-4-6-22-24/h4-8,10,14-15H,9,11-13H2,1-3H3,(H,19,21). The Bertz CT molecular complexity index is 669. The molecule has 0 aromatic carbocycles. The van der Waals surface area contributed by atoms with Crippen molar-refractivity contribution >= 4 is 5.96 Å². The van der Waals surface area contributed by atoms with E-state index in [9.17, 15) is 0 Å². The van der Waals surface area contributed by atoms with Gasteiger partial charge < -0.3 is 10.2 Å². The van der Waals surface area contributed by atoms with Gasteiger partial charge in [0.15, 0.2) is 11.8 Å². The van der Waals surface area contributed by atoms with E-state index < -0.39 is 0 Å². The Morgan fingerprint density at radius 1 is 1.29 bits per heavy atom. The van der Waals surface area contributed by atoms with Crippen LogP contribution in [0.5, 0.6) is 0 Å². The quantitative estimate of drug-likeness (QED) is 0.695. The third-order valence-electron chi connectivity index (χ3n) is 4.38. The summed E-state index contributed by atoms with van der Waals surface area (Å²) in [5.41, 5.74) is 1.16. The van der Waals surface area contributed by atoms with Gasteiger partial charge in [0, 0.05) is 45.3 Å². The van der Waals surface area contributed by atoms with Crippen molar-refractivity contribution in [1.29, 1.82) is 0 Å². The number of aromatic nitrogens is 3. The summed E-state index contributed by atoms with van der Waals surface area (Å²) in [6, 6.07) is 5.97. The molecule has 0 spiro atoms. The minimum atomic E-state index is 0.708. The number of aliphatic imine (C=N–C) groups is 1. The lowest BCUT2D eigenvalue weighted by Crippen LogP contribution is -2.48. The zero-order valence-corrected chi connectivity index (χ0v) is 14.7. The van der Waals surface area contributed by atoms with Gasteiger partial charge in [-0.1, -0.05) is 13.8 Å². The molecule has 1 N–H and O–H groups in total. The predicted molar refractivity (Wildman–Crippen MR) is 96.1 cm³/mol. The molecule has 3 heterocycles. The van der Waals surface area contributed by atoms with Gasteiger partial charge >= 0.3 is 0 Å². The van der Waals surface area contributed by atoms with E-state index in [1.807, 2.05) is 31.6 Å². The van der Waals surface area contributed by atoms with Crippen molar-refractivity contribution in [2.45, 2.75) is 26.8 Å². The molecule has 2 aromatic heterocycles. The summed E-state index contributed by atoms with van der Waals surface area (Å²) in [5.74, 6) is 3.22. The van der Waals surface area contributed by atoms with E-state index in [-0.39, 0.29) is 0 Å². The number of likely N-dealkylation sites (tertiary alicyclic amines) is 1. The highest BCUT2D eigenvalue weighted by molar-refractivity contribution is 5.80. The molecule has 2 atom stereocenters. The lowest BCUT2D eigenvalue weighted by atomic mass is 9.92. The van der Waals surface area contributed by atoms with Crippen molar-refractivity contribution in [2.75, 3.05) is 20.1 Å². The van der Waals surface area contributed by atoms with E-state index in [1.54, 1.807) is 10.9 Å². The Morgan fingerprint density at radius 2 is 2.08 bits per heavy atom. The first-order chi connectivity index (χ1) is 11.7.